The van der Waals surface area contributed by atoms with Crippen LogP contribution in [-0.4, -0.2) is 34.0 Å². The normalized spacial score (nSPS) is 26.4. The molecule has 4 atom stereocenters. The molecule has 30 heavy (non-hydrogen) atoms. The Morgan fingerprint density at radius 3 is 1.20 bits per heavy atom. The lowest BCUT2D eigenvalue weighted by Gasteiger charge is -2.27. The first-order valence-electron chi connectivity index (χ1n) is 10.5. The molecule has 0 bridgehead atoms. The molecule has 3 rings (SSSR count). The minimum atomic E-state index is -0.935. The largest absolute Gasteiger partial charge is 0.481 e. The minimum Gasteiger partial charge on any atom is -0.481 e. The van der Waals surface area contributed by atoms with Gasteiger partial charge < -0.3 is 20.8 Å². The van der Waals surface area contributed by atoms with E-state index in [2.05, 4.69) is 10.6 Å². The number of benzene rings is 1. The number of hydrogen-bond acceptors (Lipinski definition) is 4. The molecule has 0 heterocycles. The third-order valence-electron chi connectivity index (χ3n) is 6.26. The van der Waals surface area contributed by atoms with Gasteiger partial charge in [0.2, 0.25) is 11.8 Å². The van der Waals surface area contributed by atoms with Gasteiger partial charge in [0.1, 0.15) is 0 Å². The summed E-state index contributed by atoms with van der Waals surface area (Å²) in [6, 6.07) is 6.56. The van der Waals surface area contributed by atoms with E-state index in [0.717, 1.165) is 25.7 Å². The Morgan fingerprint density at radius 2 is 0.900 bits per heavy atom. The van der Waals surface area contributed by atoms with Crippen molar-refractivity contribution in [1.82, 2.24) is 0 Å². The van der Waals surface area contributed by atoms with Crippen molar-refractivity contribution in [2.75, 3.05) is 10.6 Å². The molecule has 1 aromatic carbocycles. The maximum Gasteiger partial charge on any atom is 0.307 e. The Kier molecular flexibility index (Phi) is 7.07. The van der Waals surface area contributed by atoms with Crippen molar-refractivity contribution in [1.29, 1.82) is 0 Å². The maximum absolute atomic E-state index is 12.6. The number of carboxylic acids is 2. The summed E-state index contributed by atoms with van der Waals surface area (Å²) < 4.78 is 0. The van der Waals surface area contributed by atoms with Crippen molar-refractivity contribution in [2.45, 2.75) is 51.4 Å². The number of nitrogens with one attached hydrogen (secondary N) is 2. The van der Waals surface area contributed by atoms with Gasteiger partial charge in [-0.05, 0) is 49.9 Å². The topological polar surface area (TPSA) is 133 Å². The zero-order valence-corrected chi connectivity index (χ0v) is 16.8. The molecule has 4 N–H and O–H groups in total. The van der Waals surface area contributed by atoms with E-state index in [1.165, 1.54) is 0 Å². The molecule has 2 aliphatic carbocycles. The second kappa shape index (κ2) is 9.73. The van der Waals surface area contributed by atoms with Gasteiger partial charge in [0.05, 0.1) is 23.7 Å². The summed E-state index contributed by atoms with van der Waals surface area (Å²) in [7, 11) is 0. The summed E-state index contributed by atoms with van der Waals surface area (Å²) in [6.45, 7) is 0. The molecule has 8 nitrogen and oxygen atoms in total. The average Bonchev–Trinajstić information content (AvgIpc) is 2.75. The molecular weight excluding hydrogens is 388 g/mol. The van der Waals surface area contributed by atoms with Crippen LogP contribution in [0.1, 0.15) is 51.4 Å². The molecule has 0 aliphatic heterocycles. The lowest BCUT2D eigenvalue weighted by molar-refractivity contribution is -0.148. The van der Waals surface area contributed by atoms with Crippen LogP contribution in [0.2, 0.25) is 0 Å². The van der Waals surface area contributed by atoms with Gasteiger partial charge in [0, 0.05) is 11.4 Å². The molecule has 2 amide bonds. The van der Waals surface area contributed by atoms with Crippen molar-refractivity contribution in [2.24, 2.45) is 23.7 Å². The highest BCUT2D eigenvalue weighted by Crippen LogP contribution is 2.32. The summed E-state index contributed by atoms with van der Waals surface area (Å²) in [5.74, 6) is -4.88. The van der Waals surface area contributed by atoms with Gasteiger partial charge in [0.25, 0.3) is 0 Å². The molecular formula is C22H28N2O6. The molecule has 0 aromatic heterocycles. The summed E-state index contributed by atoms with van der Waals surface area (Å²) in [4.78, 5) is 47.9. The molecule has 0 saturated heterocycles. The molecule has 2 aliphatic rings. The van der Waals surface area contributed by atoms with E-state index < -0.39 is 35.6 Å². The number of hydrogen-bond donors (Lipinski definition) is 4. The third-order valence-corrected chi connectivity index (χ3v) is 6.26. The van der Waals surface area contributed by atoms with Gasteiger partial charge in [-0.1, -0.05) is 25.7 Å². The molecule has 0 radical (unpaired) electrons. The number of carbonyl (C=O) groups is 4. The van der Waals surface area contributed by atoms with Crippen LogP contribution in [0.5, 0.6) is 0 Å². The van der Waals surface area contributed by atoms with Crippen LogP contribution >= 0.6 is 0 Å². The predicted octanol–water partition coefficient (Wildman–Crippen LogP) is 3.35. The number of anilines is 2. The lowest BCUT2D eigenvalue weighted by atomic mass is 9.78. The van der Waals surface area contributed by atoms with Crippen LogP contribution in [0, 0.1) is 23.7 Å². The number of amides is 2. The summed E-state index contributed by atoms with van der Waals surface area (Å²) >= 11 is 0. The summed E-state index contributed by atoms with van der Waals surface area (Å²) in [6.07, 6.45) is 5.45. The average molecular weight is 416 g/mol. The van der Waals surface area contributed by atoms with Gasteiger partial charge in [-0.25, -0.2) is 0 Å². The first kappa shape index (κ1) is 21.8. The van der Waals surface area contributed by atoms with Crippen LogP contribution in [0.4, 0.5) is 11.4 Å². The second-order valence-electron chi connectivity index (χ2n) is 8.23. The zero-order chi connectivity index (χ0) is 21.7. The van der Waals surface area contributed by atoms with Gasteiger partial charge >= 0.3 is 11.9 Å². The van der Waals surface area contributed by atoms with Crippen molar-refractivity contribution < 1.29 is 29.4 Å². The Bertz CT molecular complexity index is 739. The Labute approximate surface area is 175 Å². The van der Waals surface area contributed by atoms with Crippen LogP contribution in [0.3, 0.4) is 0 Å². The van der Waals surface area contributed by atoms with E-state index in [1.54, 1.807) is 24.3 Å². The SMILES string of the molecule is O=C(Nc1ccc(NC(=O)C2CCCC[C@@H]2C(=O)O)cc1)C1CCCC[C@@H]1C(=O)O. The highest BCUT2D eigenvalue weighted by Gasteiger charge is 2.36. The quantitative estimate of drug-likeness (QED) is 0.562. The molecule has 2 unspecified atom stereocenters. The first-order chi connectivity index (χ1) is 14.4. The zero-order valence-electron chi connectivity index (χ0n) is 16.8. The molecule has 1 aromatic rings. The van der Waals surface area contributed by atoms with Crippen molar-refractivity contribution in [3.05, 3.63) is 24.3 Å². The molecule has 2 fully saturated rings. The van der Waals surface area contributed by atoms with Gasteiger partial charge in [0.15, 0.2) is 0 Å². The first-order valence-corrected chi connectivity index (χ1v) is 10.5. The van der Waals surface area contributed by atoms with Crippen LogP contribution in [0.25, 0.3) is 0 Å². The molecule has 162 valence electrons. The smallest absolute Gasteiger partial charge is 0.307 e. The molecule has 2 saturated carbocycles. The van der Waals surface area contributed by atoms with Gasteiger partial charge in [-0.3, -0.25) is 19.2 Å². The van der Waals surface area contributed by atoms with Crippen molar-refractivity contribution >= 4 is 35.1 Å². The fraction of sp³-hybridized carbons (Fsp3) is 0.545. The number of carboxylic acid groups (broad SMARTS) is 2. The maximum atomic E-state index is 12.6. The van der Waals surface area contributed by atoms with Crippen molar-refractivity contribution in [3.8, 4) is 0 Å². The standard InChI is InChI=1S/C22H28N2O6/c25-19(15-5-1-3-7-17(15)21(27)28)23-13-9-11-14(12-10-13)24-20(26)16-6-2-4-8-18(16)22(29)30/h9-12,15-18H,1-8H2,(H,23,25)(H,24,26)(H,27,28)(H,29,30)/t15?,16?,17-,18-/m0/s1. The fourth-order valence-corrected chi connectivity index (χ4v) is 4.59. The van der Waals surface area contributed by atoms with E-state index in [0.29, 0.717) is 37.1 Å². The van der Waals surface area contributed by atoms with Crippen LogP contribution in [0.15, 0.2) is 24.3 Å². The number of carbonyl (C=O) groups excluding carboxylic acids is 2. The Hall–Kier alpha value is -2.90. The summed E-state index contributed by atoms with van der Waals surface area (Å²) in [5, 5.41) is 24.2. The number of rotatable bonds is 6. The number of aliphatic carboxylic acids is 2. The predicted molar refractivity (Wildman–Crippen MR) is 110 cm³/mol. The Morgan fingerprint density at radius 1 is 0.600 bits per heavy atom. The van der Waals surface area contributed by atoms with E-state index in [4.69, 9.17) is 0 Å². The Balaban J connectivity index is 1.59. The minimum absolute atomic E-state index is 0.301. The lowest BCUT2D eigenvalue weighted by Crippen LogP contribution is -2.36. The monoisotopic (exact) mass is 416 g/mol. The highest BCUT2D eigenvalue weighted by atomic mass is 16.4. The third kappa shape index (κ3) is 5.17. The van der Waals surface area contributed by atoms with Gasteiger partial charge in [-0.15, -0.1) is 0 Å². The van der Waals surface area contributed by atoms with Crippen LogP contribution < -0.4 is 10.6 Å². The van der Waals surface area contributed by atoms with E-state index in [1.807, 2.05) is 0 Å². The van der Waals surface area contributed by atoms with E-state index in [-0.39, 0.29) is 11.8 Å². The highest BCUT2D eigenvalue weighted by molar-refractivity contribution is 5.97. The molecule has 8 heteroatoms. The van der Waals surface area contributed by atoms with Crippen molar-refractivity contribution in [3.63, 3.8) is 0 Å². The fourth-order valence-electron chi connectivity index (χ4n) is 4.59. The summed E-state index contributed by atoms with van der Waals surface area (Å²) in [5.41, 5.74) is 1.04. The van der Waals surface area contributed by atoms with Crippen LogP contribution in [-0.2, 0) is 19.2 Å². The molecule has 0 spiro atoms. The van der Waals surface area contributed by atoms with E-state index >= 15 is 0 Å². The second-order valence-corrected chi connectivity index (χ2v) is 8.23. The van der Waals surface area contributed by atoms with Gasteiger partial charge in [-0.2, -0.15) is 0 Å². The van der Waals surface area contributed by atoms with E-state index in [9.17, 15) is 29.4 Å².